The van der Waals surface area contributed by atoms with E-state index >= 15 is 0 Å². The molecule has 1 aromatic heterocycles. The van der Waals surface area contributed by atoms with Crippen LogP contribution in [0.15, 0.2) is 6.07 Å². The largest absolute Gasteiger partial charge is 0.388 e. The summed E-state index contributed by atoms with van der Waals surface area (Å²) in [6, 6.07) is 1.29. The molecule has 4 nitrogen and oxygen atoms in total. The van der Waals surface area contributed by atoms with Gasteiger partial charge in [-0.2, -0.15) is 0 Å². The van der Waals surface area contributed by atoms with Crippen LogP contribution in [0.25, 0.3) is 0 Å². The van der Waals surface area contributed by atoms with Gasteiger partial charge in [0.1, 0.15) is 17.3 Å². The third kappa shape index (κ3) is 3.88. The fourth-order valence-corrected chi connectivity index (χ4v) is 1.74. The summed E-state index contributed by atoms with van der Waals surface area (Å²) in [5, 5.41) is 9.31. The fraction of sp³-hybridized carbons (Fsp3) is 0.500. The molecule has 1 heterocycles. The first-order chi connectivity index (χ1) is 7.29. The van der Waals surface area contributed by atoms with E-state index in [0.29, 0.717) is 4.88 Å². The summed E-state index contributed by atoms with van der Waals surface area (Å²) >= 11 is 1.05. The van der Waals surface area contributed by atoms with Crippen molar-refractivity contribution in [3.05, 3.63) is 21.6 Å². The zero-order valence-electron chi connectivity index (χ0n) is 9.33. The standard InChI is InChI=1S/C10H14FNO3S/c1-6-4-7(11)8(16-6)9(13)12-15-5-10(2,3)14/h4,14H,5H2,1-3H3,(H,12,13). The Kier molecular flexibility index (Phi) is 4.01. The highest BCUT2D eigenvalue weighted by Crippen LogP contribution is 2.19. The minimum atomic E-state index is -1.04. The van der Waals surface area contributed by atoms with Crippen molar-refractivity contribution in [3.63, 3.8) is 0 Å². The van der Waals surface area contributed by atoms with Gasteiger partial charge in [0.25, 0.3) is 5.91 Å². The molecular formula is C10H14FNO3S. The van der Waals surface area contributed by atoms with E-state index in [1.165, 1.54) is 19.9 Å². The van der Waals surface area contributed by atoms with E-state index in [9.17, 15) is 14.3 Å². The highest BCUT2D eigenvalue weighted by molar-refractivity contribution is 7.14. The predicted molar refractivity (Wildman–Crippen MR) is 58.7 cm³/mol. The lowest BCUT2D eigenvalue weighted by Crippen LogP contribution is -2.33. The van der Waals surface area contributed by atoms with Crippen LogP contribution in [0.1, 0.15) is 28.4 Å². The van der Waals surface area contributed by atoms with Crippen molar-refractivity contribution in [2.24, 2.45) is 0 Å². The lowest BCUT2D eigenvalue weighted by molar-refractivity contribution is -0.0522. The van der Waals surface area contributed by atoms with Crippen LogP contribution in [-0.4, -0.2) is 23.2 Å². The molecule has 2 N–H and O–H groups in total. The van der Waals surface area contributed by atoms with E-state index in [-0.39, 0.29) is 11.5 Å². The number of rotatable bonds is 4. The third-order valence-corrected chi connectivity index (χ3v) is 2.63. The highest BCUT2D eigenvalue weighted by atomic mass is 32.1. The molecule has 90 valence electrons. The van der Waals surface area contributed by atoms with Crippen molar-refractivity contribution in [1.82, 2.24) is 5.48 Å². The second-order valence-corrected chi connectivity index (χ2v) is 5.32. The summed E-state index contributed by atoms with van der Waals surface area (Å²) in [6.45, 7) is 4.72. The van der Waals surface area contributed by atoms with Crippen molar-refractivity contribution in [2.75, 3.05) is 6.61 Å². The van der Waals surface area contributed by atoms with Crippen LogP contribution in [0, 0.1) is 12.7 Å². The van der Waals surface area contributed by atoms with Crippen molar-refractivity contribution in [1.29, 1.82) is 0 Å². The Balaban J connectivity index is 2.51. The van der Waals surface area contributed by atoms with Crippen molar-refractivity contribution in [2.45, 2.75) is 26.4 Å². The van der Waals surface area contributed by atoms with Gasteiger partial charge in [-0.05, 0) is 26.8 Å². The number of carbonyl (C=O) groups excluding carboxylic acids is 1. The molecule has 0 unspecified atom stereocenters. The normalized spacial score (nSPS) is 11.6. The maximum Gasteiger partial charge on any atom is 0.287 e. The summed E-state index contributed by atoms with van der Waals surface area (Å²) in [6.07, 6.45) is 0. The summed E-state index contributed by atoms with van der Waals surface area (Å²) in [5.74, 6) is -1.20. The van der Waals surface area contributed by atoms with Crippen LogP contribution >= 0.6 is 11.3 Å². The number of amides is 1. The number of aryl methyl sites for hydroxylation is 1. The number of carbonyl (C=O) groups is 1. The van der Waals surface area contributed by atoms with Gasteiger partial charge >= 0.3 is 0 Å². The molecule has 0 aliphatic heterocycles. The van der Waals surface area contributed by atoms with E-state index in [4.69, 9.17) is 4.84 Å². The van der Waals surface area contributed by atoms with Crippen LogP contribution in [0.2, 0.25) is 0 Å². The minimum Gasteiger partial charge on any atom is -0.388 e. The first-order valence-electron chi connectivity index (χ1n) is 4.70. The molecule has 6 heteroatoms. The Hall–Kier alpha value is -0.980. The van der Waals surface area contributed by atoms with Crippen molar-refractivity contribution in [3.8, 4) is 0 Å². The quantitative estimate of drug-likeness (QED) is 0.795. The molecule has 0 saturated heterocycles. The Morgan fingerprint density at radius 1 is 1.69 bits per heavy atom. The van der Waals surface area contributed by atoms with Gasteiger partial charge in [0.15, 0.2) is 0 Å². The summed E-state index contributed by atoms with van der Waals surface area (Å²) in [5.41, 5.74) is 1.04. The molecule has 0 atom stereocenters. The lowest BCUT2D eigenvalue weighted by Gasteiger charge is -2.16. The molecule has 0 spiro atoms. The molecule has 0 bridgehead atoms. The average Bonchev–Trinajstić information content (AvgIpc) is 2.43. The van der Waals surface area contributed by atoms with E-state index in [2.05, 4.69) is 5.48 Å². The van der Waals surface area contributed by atoms with Gasteiger partial charge in [0, 0.05) is 4.88 Å². The van der Waals surface area contributed by atoms with Crippen molar-refractivity contribution >= 4 is 17.2 Å². The SMILES string of the molecule is Cc1cc(F)c(C(=O)NOCC(C)(C)O)s1. The van der Waals surface area contributed by atoms with Gasteiger partial charge in [-0.3, -0.25) is 9.63 Å². The molecule has 0 aliphatic rings. The highest BCUT2D eigenvalue weighted by Gasteiger charge is 2.17. The fourth-order valence-electron chi connectivity index (χ4n) is 0.963. The monoisotopic (exact) mass is 247 g/mol. The number of hydroxylamine groups is 1. The topological polar surface area (TPSA) is 58.6 Å². The number of nitrogens with one attached hydrogen (secondary N) is 1. The van der Waals surface area contributed by atoms with Crippen molar-refractivity contribution < 1.29 is 19.1 Å². The molecular weight excluding hydrogens is 233 g/mol. The number of hydrogen-bond donors (Lipinski definition) is 2. The number of hydrogen-bond acceptors (Lipinski definition) is 4. The predicted octanol–water partition coefficient (Wildman–Crippen LogP) is 1.63. The zero-order chi connectivity index (χ0) is 12.3. The van der Waals surface area contributed by atoms with Gasteiger partial charge in [-0.1, -0.05) is 0 Å². The molecule has 0 fully saturated rings. The Bertz CT molecular complexity index is 384. The zero-order valence-corrected chi connectivity index (χ0v) is 10.2. The van der Waals surface area contributed by atoms with E-state index in [0.717, 1.165) is 11.3 Å². The number of aliphatic hydroxyl groups is 1. The molecule has 1 rings (SSSR count). The first kappa shape index (κ1) is 13.1. The number of thiophene rings is 1. The molecule has 16 heavy (non-hydrogen) atoms. The smallest absolute Gasteiger partial charge is 0.287 e. The van der Waals surface area contributed by atoms with E-state index < -0.39 is 17.3 Å². The average molecular weight is 247 g/mol. The maximum absolute atomic E-state index is 13.2. The molecule has 1 aromatic rings. The van der Waals surface area contributed by atoms with E-state index in [1.54, 1.807) is 6.92 Å². The van der Waals surface area contributed by atoms with Crippen LogP contribution in [0.4, 0.5) is 4.39 Å². The summed E-state index contributed by atoms with van der Waals surface area (Å²) < 4.78 is 13.2. The minimum absolute atomic E-state index is 0.0201. The van der Waals surface area contributed by atoms with Crippen LogP contribution < -0.4 is 5.48 Å². The van der Waals surface area contributed by atoms with Gasteiger partial charge in [0.05, 0.1) is 5.60 Å². The Morgan fingerprint density at radius 3 is 2.75 bits per heavy atom. The van der Waals surface area contributed by atoms with Gasteiger partial charge in [-0.25, -0.2) is 9.87 Å². The first-order valence-corrected chi connectivity index (χ1v) is 5.52. The Morgan fingerprint density at radius 2 is 2.31 bits per heavy atom. The second kappa shape index (κ2) is 4.90. The second-order valence-electron chi connectivity index (χ2n) is 4.07. The molecule has 0 aromatic carbocycles. The summed E-state index contributed by atoms with van der Waals surface area (Å²) in [7, 11) is 0. The molecule has 0 aliphatic carbocycles. The van der Waals surface area contributed by atoms with Crippen LogP contribution in [0.3, 0.4) is 0 Å². The van der Waals surface area contributed by atoms with Crippen LogP contribution in [0.5, 0.6) is 0 Å². The van der Waals surface area contributed by atoms with E-state index in [1.807, 2.05) is 0 Å². The summed E-state index contributed by atoms with van der Waals surface area (Å²) in [4.78, 5) is 16.9. The third-order valence-electron chi connectivity index (χ3n) is 1.61. The van der Waals surface area contributed by atoms with Gasteiger partial charge in [0.2, 0.25) is 0 Å². The molecule has 0 saturated carbocycles. The lowest BCUT2D eigenvalue weighted by atomic mass is 10.2. The van der Waals surface area contributed by atoms with Gasteiger partial charge in [-0.15, -0.1) is 11.3 Å². The molecule has 1 amide bonds. The maximum atomic E-state index is 13.2. The number of halogens is 1. The van der Waals surface area contributed by atoms with Gasteiger partial charge < -0.3 is 5.11 Å². The Labute approximate surface area is 97.0 Å². The van der Waals surface area contributed by atoms with Crippen LogP contribution in [-0.2, 0) is 4.84 Å². The molecule has 0 radical (unpaired) electrons.